The summed E-state index contributed by atoms with van der Waals surface area (Å²) in [5, 5.41) is 5.86. The molecule has 0 spiro atoms. The standard InChI is InChI=1S/C20H26FN3O2/c1-25-19-11-14-16(6-8-23-7-5-13-10-17(13)23)22-24(18(14)12-15(19)21)20-4-2-3-9-26-20/h11-13,17,20H,2-10H2,1H3. The van der Waals surface area contributed by atoms with Crippen molar-refractivity contribution in [1.82, 2.24) is 14.7 Å². The fourth-order valence-corrected chi connectivity index (χ4v) is 4.69. The number of ether oxygens (including phenoxy) is 2. The second kappa shape index (κ2) is 6.50. The Kier molecular flexibility index (Phi) is 4.13. The van der Waals surface area contributed by atoms with Crippen LogP contribution in [0, 0.1) is 11.7 Å². The van der Waals surface area contributed by atoms with E-state index >= 15 is 0 Å². The molecule has 6 heteroatoms. The molecule has 1 aromatic carbocycles. The highest BCUT2D eigenvalue weighted by atomic mass is 19.1. The van der Waals surface area contributed by atoms with Gasteiger partial charge in [0.05, 0.1) is 18.3 Å². The SMILES string of the molecule is COc1cc2c(CCN3CCC4CC43)nn(C3CCCCO3)c2cc1F. The molecule has 3 atom stereocenters. The van der Waals surface area contributed by atoms with Gasteiger partial charge in [-0.05, 0) is 50.6 Å². The molecule has 26 heavy (non-hydrogen) atoms. The molecule has 3 unspecified atom stereocenters. The number of aromatic nitrogens is 2. The van der Waals surface area contributed by atoms with Crippen LogP contribution in [0.4, 0.5) is 4.39 Å². The summed E-state index contributed by atoms with van der Waals surface area (Å²) in [5.74, 6) is 0.879. The Bertz CT molecular complexity index is 815. The zero-order chi connectivity index (χ0) is 17.7. The van der Waals surface area contributed by atoms with Gasteiger partial charge in [0, 0.05) is 37.1 Å². The first kappa shape index (κ1) is 16.5. The van der Waals surface area contributed by atoms with E-state index in [-0.39, 0.29) is 17.8 Å². The zero-order valence-electron chi connectivity index (χ0n) is 15.3. The van der Waals surface area contributed by atoms with Crippen LogP contribution < -0.4 is 4.74 Å². The van der Waals surface area contributed by atoms with Gasteiger partial charge in [0.15, 0.2) is 17.8 Å². The van der Waals surface area contributed by atoms with Crippen molar-refractivity contribution >= 4 is 10.9 Å². The van der Waals surface area contributed by atoms with Crippen LogP contribution in [-0.2, 0) is 11.2 Å². The molecular weight excluding hydrogens is 333 g/mol. The quantitative estimate of drug-likeness (QED) is 0.819. The molecule has 0 radical (unpaired) electrons. The second-order valence-electron chi connectivity index (χ2n) is 7.85. The summed E-state index contributed by atoms with van der Waals surface area (Å²) in [6.07, 6.45) is 6.64. The van der Waals surface area contributed by atoms with Crippen LogP contribution in [0.2, 0.25) is 0 Å². The molecule has 2 aromatic rings. The summed E-state index contributed by atoms with van der Waals surface area (Å²) in [7, 11) is 1.51. The van der Waals surface area contributed by atoms with Gasteiger partial charge in [-0.2, -0.15) is 5.10 Å². The fraction of sp³-hybridized carbons (Fsp3) is 0.650. The third-order valence-corrected chi connectivity index (χ3v) is 6.26. The highest BCUT2D eigenvalue weighted by Gasteiger charge is 2.46. The van der Waals surface area contributed by atoms with Crippen molar-refractivity contribution in [2.24, 2.45) is 5.92 Å². The Balaban J connectivity index is 1.48. The van der Waals surface area contributed by atoms with E-state index in [1.807, 2.05) is 4.68 Å². The van der Waals surface area contributed by atoms with Crippen molar-refractivity contribution < 1.29 is 13.9 Å². The topological polar surface area (TPSA) is 39.5 Å². The van der Waals surface area contributed by atoms with Gasteiger partial charge in [-0.25, -0.2) is 9.07 Å². The van der Waals surface area contributed by atoms with E-state index in [0.29, 0.717) is 0 Å². The molecule has 3 aliphatic rings. The van der Waals surface area contributed by atoms with E-state index in [9.17, 15) is 4.39 Å². The van der Waals surface area contributed by atoms with Crippen LogP contribution in [0.5, 0.6) is 5.75 Å². The van der Waals surface area contributed by atoms with Crippen molar-refractivity contribution in [3.05, 3.63) is 23.6 Å². The van der Waals surface area contributed by atoms with Crippen molar-refractivity contribution in [1.29, 1.82) is 0 Å². The fourth-order valence-electron chi connectivity index (χ4n) is 4.69. The predicted octanol–water partition coefficient (Wildman–Crippen LogP) is 3.52. The number of hydrogen-bond acceptors (Lipinski definition) is 4. The molecule has 0 bridgehead atoms. The Hall–Kier alpha value is -1.66. The average molecular weight is 359 g/mol. The summed E-state index contributed by atoms with van der Waals surface area (Å²) in [6, 6.07) is 4.16. The maximum absolute atomic E-state index is 14.3. The third kappa shape index (κ3) is 2.79. The molecule has 2 saturated heterocycles. The normalized spacial score (nSPS) is 28.5. The maximum Gasteiger partial charge on any atom is 0.167 e. The molecule has 5 rings (SSSR count). The van der Waals surface area contributed by atoms with Crippen LogP contribution in [-0.4, -0.2) is 47.5 Å². The monoisotopic (exact) mass is 359 g/mol. The van der Waals surface area contributed by atoms with Crippen molar-refractivity contribution in [3.63, 3.8) is 0 Å². The van der Waals surface area contributed by atoms with E-state index in [4.69, 9.17) is 14.6 Å². The number of piperidine rings is 1. The maximum atomic E-state index is 14.3. The van der Waals surface area contributed by atoms with Crippen molar-refractivity contribution in [3.8, 4) is 5.75 Å². The number of methoxy groups -OCH3 is 1. The van der Waals surface area contributed by atoms with Gasteiger partial charge >= 0.3 is 0 Å². The minimum Gasteiger partial charge on any atom is -0.494 e. The molecule has 0 N–H and O–H groups in total. The Labute approximate surface area is 153 Å². The van der Waals surface area contributed by atoms with Crippen molar-refractivity contribution in [2.75, 3.05) is 26.8 Å². The average Bonchev–Trinajstić information content (AvgIpc) is 3.21. The van der Waals surface area contributed by atoms with Crippen LogP contribution >= 0.6 is 0 Å². The summed E-state index contributed by atoms with van der Waals surface area (Å²) in [4.78, 5) is 2.59. The molecule has 0 amide bonds. The van der Waals surface area contributed by atoms with Gasteiger partial charge in [0.2, 0.25) is 0 Å². The lowest BCUT2D eigenvalue weighted by atomic mass is 10.1. The van der Waals surface area contributed by atoms with Crippen molar-refractivity contribution in [2.45, 2.75) is 50.8 Å². The number of hydrogen-bond donors (Lipinski definition) is 0. The molecule has 1 aromatic heterocycles. The van der Waals surface area contributed by atoms with Crippen LogP contribution in [0.25, 0.3) is 10.9 Å². The predicted molar refractivity (Wildman–Crippen MR) is 96.9 cm³/mol. The van der Waals surface area contributed by atoms with Crippen LogP contribution in [0.3, 0.4) is 0 Å². The molecule has 5 nitrogen and oxygen atoms in total. The van der Waals surface area contributed by atoms with Gasteiger partial charge < -0.3 is 9.47 Å². The van der Waals surface area contributed by atoms with Gasteiger partial charge in [-0.3, -0.25) is 4.90 Å². The van der Waals surface area contributed by atoms with E-state index in [1.54, 1.807) is 12.1 Å². The first-order valence-corrected chi connectivity index (χ1v) is 9.85. The number of nitrogens with zero attached hydrogens (tertiary/aromatic N) is 3. The number of fused-ring (bicyclic) bond motifs is 2. The van der Waals surface area contributed by atoms with Gasteiger partial charge in [-0.15, -0.1) is 0 Å². The molecule has 1 saturated carbocycles. The minimum absolute atomic E-state index is 0.0904. The van der Waals surface area contributed by atoms with Gasteiger partial charge in [0.1, 0.15) is 0 Å². The number of halogens is 1. The molecule has 3 fully saturated rings. The summed E-state index contributed by atoms with van der Waals surface area (Å²) in [5.41, 5.74) is 1.84. The Morgan fingerprint density at radius 1 is 1.31 bits per heavy atom. The molecule has 140 valence electrons. The second-order valence-corrected chi connectivity index (χ2v) is 7.85. The number of likely N-dealkylation sites (tertiary alicyclic amines) is 1. The summed E-state index contributed by atoms with van der Waals surface area (Å²) < 4.78 is 27.4. The number of benzene rings is 1. The van der Waals surface area contributed by atoms with Gasteiger partial charge in [0.25, 0.3) is 0 Å². The first-order chi connectivity index (χ1) is 12.7. The molecule has 2 aliphatic heterocycles. The van der Waals surface area contributed by atoms with E-state index in [2.05, 4.69) is 4.90 Å². The molecule has 3 heterocycles. The highest BCUT2D eigenvalue weighted by Crippen LogP contribution is 2.44. The minimum atomic E-state index is -0.344. The lowest BCUT2D eigenvalue weighted by Gasteiger charge is -2.23. The Morgan fingerprint density at radius 3 is 2.92 bits per heavy atom. The summed E-state index contributed by atoms with van der Waals surface area (Å²) >= 11 is 0. The van der Waals surface area contributed by atoms with E-state index in [0.717, 1.165) is 67.4 Å². The lowest BCUT2D eigenvalue weighted by Crippen LogP contribution is -2.26. The van der Waals surface area contributed by atoms with E-state index in [1.165, 1.54) is 26.5 Å². The molecule has 1 aliphatic carbocycles. The summed E-state index contributed by atoms with van der Waals surface area (Å²) in [6.45, 7) is 2.98. The lowest BCUT2D eigenvalue weighted by molar-refractivity contribution is -0.0369. The molecular formula is C20H26FN3O2. The van der Waals surface area contributed by atoms with E-state index < -0.39 is 0 Å². The third-order valence-electron chi connectivity index (χ3n) is 6.26. The first-order valence-electron chi connectivity index (χ1n) is 9.85. The largest absolute Gasteiger partial charge is 0.494 e. The zero-order valence-corrected chi connectivity index (χ0v) is 15.3. The smallest absolute Gasteiger partial charge is 0.167 e. The van der Waals surface area contributed by atoms with Gasteiger partial charge in [-0.1, -0.05) is 0 Å². The Morgan fingerprint density at radius 2 is 2.23 bits per heavy atom. The highest BCUT2D eigenvalue weighted by molar-refractivity contribution is 5.84. The van der Waals surface area contributed by atoms with Crippen LogP contribution in [0.15, 0.2) is 12.1 Å². The number of rotatable bonds is 5. The van der Waals surface area contributed by atoms with Crippen LogP contribution in [0.1, 0.15) is 44.0 Å².